The first-order chi connectivity index (χ1) is 16.3. The lowest BCUT2D eigenvalue weighted by molar-refractivity contribution is 0.723. The van der Waals surface area contributed by atoms with Gasteiger partial charge in [-0.3, -0.25) is 10.4 Å². The van der Waals surface area contributed by atoms with Crippen molar-refractivity contribution in [1.29, 1.82) is 0 Å². The van der Waals surface area contributed by atoms with Gasteiger partial charge in [0.2, 0.25) is 0 Å². The zero-order valence-electron chi connectivity index (χ0n) is 19.1. The molecule has 1 aliphatic rings. The fourth-order valence-electron chi connectivity index (χ4n) is 4.42. The van der Waals surface area contributed by atoms with E-state index in [4.69, 9.17) is 0 Å². The molecular formula is C31H30N2. The second-order valence-corrected chi connectivity index (χ2v) is 8.63. The summed E-state index contributed by atoms with van der Waals surface area (Å²) in [4.78, 5) is 0. The molecule has 0 spiro atoms. The summed E-state index contributed by atoms with van der Waals surface area (Å²) in [5.41, 5.74) is 12.3. The first-order valence-electron chi connectivity index (χ1n) is 11.9. The predicted octanol–water partition coefficient (Wildman–Crippen LogP) is 7.80. The molecule has 1 heterocycles. The Hall–Kier alpha value is -3.78. The van der Waals surface area contributed by atoms with Crippen molar-refractivity contribution in [2.75, 3.05) is 5.01 Å². The third-order valence-electron chi connectivity index (χ3n) is 6.32. The second kappa shape index (κ2) is 9.79. The first-order valence-corrected chi connectivity index (χ1v) is 11.9. The average Bonchev–Trinajstić information content (AvgIpc) is 3.34. The van der Waals surface area contributed by atoms with Crippen LogP contribution in [0.1, 0.15) is 42.5 Å². The van der Waals surface area contributed by atoms with Crippen LogP contribution in [0.4, 0.5) is 5.69 Å². The van der Waals surface area contributed by atoms with E-state index < -0.39 is 0 Å². The van der Waals surface area contributed by atoms with Gasteiger partial charge >= 0.3 is 0 Å². The Labute approximate surface area is 197 Å². The van der Waals surface area contributed by atoms with Crippen molar-refractivity contribution in [3.8, 4) is 11.1 Å². The topological polar surface area (TPSA) is 15.3 Å². The Balaban J connectivity index is 1.44. The maximum Gasteiger partial charge on any atom is 0.0958 e. The number of rotatable bonds is 7. The summed E-state index contributed by atoms with van der Waals surface area (Å²) in [6.45, 7) is 2.25. The number of unbranched alkanes of at least 4 members (excludes halogenated alkanes) is 1. The number of hydrogen-bond donors (Lipinski definition) is 1. The molecule has 5 rings (SSSR count). The van der Waals surface area contributed by atoms with E-state index in [9.17, 15) is 0 Å². The number of hydrazine groups is 1. The van der Waals surface area contributed by atoms with Crippen molar-refractivity contribution in [2.45, 2.75) is 32.2 Å². The highest BCUT2D eigenvalue weighted by Crippen LogP contribution is 2.35. The summed E-state index contributed by atoms with van der Waals surface area (Å²) in [5, 5.41) is 2.27. The van der Waals surface area contributed by atoms with Gasteiger partial charge in [0.1, 0.15) is 0 Å². The fraction of sp³-hybridized carbons (Fsp3) is 0.161. The summed E-state index contributed by atoms with van der Waals surface area (Å²) in [6, 6.07) is 39.2. The molecule has 0 aliphatic carbocycles. The zero-order chi connectivity index (χ0) is 22.5. The first kappa shape index (κ1) is 21.1. The molecule has 2 heteroatoms. The van der Waals surface area contributed by atoms with Crippen LogP contribution in [0.25, 0.3) is 16.8 Å². The van der Waals surface area contributed by atoms with Crippen molar-refractivity contribution in [3.05, 3.63) is 132 Å². The van der Waals surface area contributed by atoms with Crippen molar-refractivity contribution in [3.63, 3.8) is 0 Å². The molecule has 164 valence electrons. The summed E-state index contributed by atoms with van der Waals surface area (Å²) in [7, 11) is 0. The molecule has 1 N–H and O–H groups in total. The van der Waals surface area contributed by atoms with E-state index in [1.54, 1.807) is 0 Å². The Bertz CT molecular complexity index is 1190. The number of aryl methyl sites for hydroxylation is 1. The predicted molar refractivity (Wildman–Crippen MR) is 140 cm³/mol. The van der Waals surface area contributed by atoms with Gasteiger partial charge in [-0.15, -0.1) is 0 Å². The molecule has 33 heavy (non-hydrogen) atoms. The van der Waals surface area contributed by atoms with E-state index in [1.165, 1.54) is 40.7 Å². The molecule has 4 aromatic carbocycles. The number of para-hydroxylation sites is 1. The summed E-state index contributed by atoms with van der Waals surface area (Å²) in [6.07, 6.45) is 5.96. The normalized spacial score (nSPS) is 15.2. The number of anilines is 1. The lowest BCUT2D eigenvalue weighted by Gasteiger charge is -2.27. The third-order valence-corrected chi connectivity index (χ3v) is 6.32. The van der Waals surface area contributed by atoms with Crippen molar-refractivity contribution >= 4 is 11.4 Å². The standard InChI is InChI=1S/C31H30N2/c1-2-3-10-24-15-17-28(18-16-24)31-23-30(32-33(31)29-13-8-5-9-14-29)27-21-19-26(20-22-27)25-11-6-4-7-12-25/h4-9,11-23,31-32H,2-3,10H2,1H3. The minimum absolute atomic E-state index is 0.136. The van der Waals surface area contributed by atoms with E-state index in [0.717, 1.165) is 17.8 Å². The van der Waals surface area contributed by atoms with E-state index >= 15 is 0 Å². The number of benzene rings is 4. The van der Waals surface area contributed by atoms with Crippen LogP contribution in [-0.4, -0.2) is 0 Å². The third kappa shape index (κ3) is 4.70. The SMILES string of the molecule is CCCCc1ccc(C2C=C(c3ccc(-c4ccccc4)cc3)NN2c2ccccc2)cc1. The Morgan fingerprint density at radius 3 is 1.94 bits per heavy atom. The highest BCUT2D eigenvalue weighted by atomic mass is 15.5. The van der Waals surface area contributed by atoms with E-state index in [1.807, 2.05) is 0 Å². The molecule has 1 unspecified atom stereocenters. The Kier molecular flexibility index (Phi) is 6.25. The number of nitrogens with zero attached hydrogens (tertiary/aromatic N) is 1. The van der Waals surface area contributed by atoms with Crippen LogP contribution < -0.4 is 10.4 Å². The molecule has 0 amide bonds. The van der Waals surface area contributed by atoms with Crippen LogP contribution >= 0.6 is 0 Å². The van der Waals surface area contributed by atoms with Crippen molar-refractivity contribution < 1.29 is 0 Å². The van der Waals surface area contributed by atoms with Crippen LogP contribution in [-0.2, 0) is 6.42 Å². The second-order valence-electron chi connectivity index (χ2n) is 8.63. The Morgan fingerprint density at radius 2 is 1.27 bits per heavy atom. The maximum atomic E-state index is 3.67. The number of nitrogens with one attached hydrogen (secondary N) is 1. The fourth-order valence-corrected chi connectivity index (χ4v) is 4.42. The molecular weight excluding hydrogens is 400 g/mol. The average molecular weight is 431 g/mol. The molecule has 1 aliphatic heterocycles. The minimum Gasteiger partial charge on any atom is -0.297 e. The molecule has 4 aromatic rings. The van der Waals surface area contributed by atoms with Crippen LogP contribution in [0.2, 0.25) is 0 Å². The molecule has 0 saturated heterocycles. The van der Waals surface area contributed by atoms with Crippen LogP contribution in [0, 0.1) is 0 Å². The maximum absolute atomic E-state index is 3.67. The number of hydrogen-bond acceptors (Lipinski definition) is 2. The van der Waals surface area contributed by atoms with Gasteiger partial charge in [-0.1, -0.05) is 110 Å². The molecule has 1 atom stereocenters. The molecule has 0 saturated carbocycles. The molecule has 0 fully saturated rings. The molecule has 0 aromatic heterocycles. The van der Waals surface area contributed by atoms with Gasteiger partial charge < -0.3 is 0 Å². The smallest absolute Gasteiger partial charge is 0.0958 e. The van der Waals surface area contributed by atoms with E-state index in [2.05, 4.69) is 133 Å². The zero-order valence-corrected chi connectivity index (χ0v) is 19.1. The van der Waals surface area contributed by atoms with Crippen molar-refractivity contribution in [2.24, 2.45) is 0 Å². The van der Waals surface area contributed by atoms with Crippen LogP contribution in [0.5, 0.6) is 0 Å². The quantitative estimate of drug-likeness (QED) is 0.322. The minimum atomic E-state index is 0.136. The monoisotopic (exact) mass is 430 g/mol. The van der Waals surface area contributed by atoms with Gasteiger partial charge in [0, 0.05) is 0 Å². The van der Waals surface area contributed by atoms with E-state index in [-0.39, 0.29) is 6.04 Å². The van der Waals surface area contributed by atoms with Crippen LogP contribution in [0.15, 0.2) is 115 Å². The van der Waals surface area contributed by atoms with Crippen molar-refractivity contribution in [1.82, 2.24) is 5.43 Å². The summed E-state index contributed by atoms with van der Waals surface area (Å²) in [5.74, 6) is 0. The van der Waals surface area contributed by atoms with Gasteiger partial charge in [0.25, 0.3) is 0 Å². The van der Waals surface area contributed by atoms with Gasteiger partial charge in [-0.2, -0.15) is 0 Å². The largest absolute Gasteiger partial charge is 0.297 e. The molecule has 2 nitrogen and oxygen atoms in total. The van der Waals surface area contributed by atoms with Gasteiger partial charge in [0.15, 0.2) is 0 Å². The highest BCUT2D eigenvalue weighted by Gasteiger charge is 2.27. The highest BCUT2D eigenvalue weighted by molar-refractivity contribution is 5.74. The molecule has 0 radical (unpaired) electrons. The van der Waals surface area contributed by atoms with Gasteiger partial charge in [-0.05, 0) is 58.9 Å². The van der Waals surface area contributed by atoms with Gasteiger partial charge in [0.05, 0.1) is 17.4 Å². The summed E-state index contributed by atoms with van der Waals surface area (Å²) >= 11 is 0. The van der Waals surface area contributed by atoms with Gasteiger partial charge in [-0.25, -0.2) is 0 Å². The van der Waals surface area contributed by atoms with E-state index in [0.29, 0.717) is 0 Å². The molecule has 0 bridgehead atoms. The summed E-state index contributed by atoms with van der Waals surface area (Å²) < 4.78 is 0. The lowest BCUT2D eigenvalue weighted by Crippen LogP contribution is -2.33. The van der Waals surface area contributed by atoms with Crippen LogP contribution in [0.3, 0.4) is 0 Å². The lowest BCUT2D eigenvalue weighted by atomic mass is 10.00. The Morgan fingerprint density at radius 1 is 0.667 bits per heavy atom.